The van der Waals surface area contributed by atoms with Crippen molar-refractivity contribution in [2.24, 2.45) is 0 Å². The molecule has 8 nitrogen and oxygen atoms in total. The quantitative estimate of drug-likeness (QED) is 0.582. The maximum absolute atomic E-state index is 4.34. The molecule has 4 rings (SSSR count). The fourth-order valence-corrected chi connectivity index (χ4v) is 2.57. The fraction of sp³-hybridized carbons (Fsp3) is 0.118. The first-order valence-corrected chi connectivity index (χ1v) is 7.83. The van der Waals surface area contributed by atoms with Gasteiger partial charge in [0.05, 0.1) is 12.6 Å². The zero-order chi connectivity index (χ0) is 16.9. The maximum atomic E-state index is 4.34. The Bertz CT molecular complexity index is 903. The van der Waals surface area contributed by atoms with Crippen molar-refractivity contribution in [2.45, 2.75) is 12.6 Å². The number of nitrogens with zero attached hydrogens (tertiary/aromatic N) is 7. The first-order chi connectivity index (χ1) is 12.4. The number of imidazole rings is 1. The molecule has 0 aliphatic heterocycles. The van der Waals surface area contributed by atoms with E-state index in [1.54, 1.807) is 23.5 Å². The van der Waals surface area contributed by atoms with Crippen LogP contribution in [0.25, 0.3) is 5.82 Å². The van der Waals surface area contributed by atoms with Crippen LogP contribution in [-0.2, 0) is 6.54 Å². The number of benzene rings is 1. The van der Waals surface area contributed by atoms with Crippen LogP contribution in [0.15, 0.2) is 74.1 Å². The highest BCUT2D eigenvalue weighted by Gasteiger charge is 2.14. The van der Waals surface area contributed by atoms with Crippen LogP contribution in [0.1, 0.15) is 11.6 Å². The van der Waals surface area contributed by atoms with Crippen molar-refractivity contribution in [2.75, 3.05) is 5.32 Å². The van der Waals surface area contributed by atoms with Gasteiger partial charge >= 0.3 is 0 Å². The number of hydrogen-bond acceptors (Lipinski definition) is 6. The minimum absolute atomic E-state index is 0.00608. The van der Waals surface area contributed by atoms with Crippen molar-refractivity contribution in [1.29, 1.82) is 0 Å². The molecule has 3 aromatic heterocycles. The van der Waals surface area contributed by atoms with Crippen LogP contribution in [0.2, 0.25) is 0 Å². The third-order valence-electron chi connectivity index (χ3n) is 3.78. The molecule has 8 heteroatoms. The van der Waals surface area contributed by atoms with Gasteiger partial charge in [-0.2, -0.15) is 5.10 Å². The van der Waals surface area contributed by atoms with E-state index < -0.39 is 0 Å². The molecule has 0 bridgehead atoms. The van der Waals surface area contributed by atoms with E-state index in [1.165, 1.54) is 12.7 Å². The van der Waals surface area contributed by atoms with Gasteiger partial charge in [-0.3, -0.25) is 9.25 Å². The first-order valence-electron chi connectivity index (χ1n) is 7.83. The molecule has 0 amide bonds. The van der Waals surface area contributed by atoms with Crippen LogP contribution in [0.3, 0.4) is 0 Å². The first kappa shape index (κ1) is 15.0. The van der Waals surface area contributed by atoms with Crippen LogP contribution in [0.5, 0.6) is 0 Å². The van der Waals surface area contributed by atoms with Crippen molar-refractivity contribution in [1.82, 2.24) is 34.3 Å². The molecule has 1 unspecified atom stereocenters. The van der Waals surface area contributed by atoms with Crippen molar-refractivity contribution in [3.63, 3.8) is 0 Å². The van der Waals surface area contributed by atoms with E-state index in [1.807, 2.05) is 35.0 Å². The highest BCUT2D eigenvalue weighted by molar-refractivity contribution is 5.43. The Morgan fingerprint density at radius 3 is 2.68 bits per heavy atom. The summed E-state index contributed by atoms with van der Waals surface area (Å²) in [6, 6.07) is 12.1. The summed E-state index contributed by atoms with van der Waals surface area (Å²) in [5, 5.41) is 7.66. The molecule has 0 fully saturated rings. The minimum atomic E-state index is -0.00608. The molecule has 1 aromatic carbocycles. The summed E-state index contributed by atoms with van der Waals surface area (Å²) in [5.74, 6) is 1.48. The van der Waals surface area contributed by atoms with E-state index in [-0.39, 0.29) is 6.04 Å². The smallest absolute Gasteiger partial charge is 0.143 e. The zero-order valence-electron chi connectivity index (χ0n) is 13.3. The summed E-state index contributed by atoms with van der Waals surface area (Å²) in [6.45, 7) is 0.633. The van der Waals surface area contributed by atoms with Gasteiger partial charge in [0.2, 0.25) is 0 Å². The fourth-order valence-electron chi connectivity index (χ4n) is 2.57. The number of anilines is 1. The third-order valence-corrected chi connectivity index (χ3v) is 3.78. The van der Waals surface area contributed by atoms with E-state index in [2.05, 4.69) is 42.5 Å². The van der Waals surface area contributed by atoms with Crippen molar-refractivity contribution >= 4 is 5.82 Å². The Labute approximate surface area is 144 Å². The Morgan fingerprint density at radius 2 is 1.92 bits per heavy atom. The average Bonchev–Trinajstić information content (AvgIpc) is 3.36. The highest BCUT2D eigenvalue weighted by Crippen LogP contribution is 2.20. The van der Waals surface area contributed by atoms with Crippen LogP contribution < -0.4 is 5.32 Å². The standard InChI is InChI=1S/C17H16N8/c1-2-4-14(5-3-1)15(9-25-13-19-10-22-25)23-16-8-17(21-11-20-16)24-7-6-18-12-24/h1-8,10-13,15H,9H2,(H,20,21,23). The van der Waals surface area contributed by atoms with Crippen molar-refractivity contribution in [3.05, 3.63) is 79.7 Å². The maximum Gasteiger partial charge on any atom is 0.143 e. The molecule has 0 aliphatic rings. The lowest BCUT2D eigenvalue weighted by atomic mass is 10.1. The Kier molecular flexibility index (Phi) is 4.15. The van der Waals surface area contributed by atoms with Gasteiger partial charge in [-0.1, -0.05) is 30.3 Å². The molecule has 0 spiro atoms. The Hall–Kier alpha value is -3.55. The van der Waals surface area contributed by atoms with Gasteiger partial charge in [0.15, 0.2) is 0 Å². The second kappa shape index (κ2) is 6.91. The van der Waals surface area contributed by atoms with Crippen LogP contribution in [-0.4, -0.2) is 34.3 Å². The topological polar surface area (TPSA) is 86.3 Å². The summed E-state index contributed by atoms with van der Waals surface area (Å²) in [7, 11) is 0. The van der Waals surface area contributed by atoms with E-state index in [9.17, 15) is 0 Å². The van der Waals surface area contributed by atoms with Gasteiger partial charge in [-0.15, -0.1) is 0 Å². The molecule has 25 heavy (non-hydrogen) atoms. The number of nitrogens with one attached hydrogen (secondary N) is 1. The van der Waals surface area contributed by atoms with Gasteiger partial charge in [0, 0.05) is 18.5 Å². The molecule has 0 radical (unpaired) electrons. The zero-order valence-corrected chi connectivity index (χ0v) is 13.3. The Morgan fingerprint density at radius 1 is 1.00 bits per heavy atom. The summed E-state index contributed by atoms with van der Waals surface area (Å²) in [5.41, 5.74) is 1.14. The van der Waals surface area contributed by atoms with E-state index in [0.717, 1.165) is 17.2 Å². The largest absolute Gasteiger partial charge is 0.361 e. The third kappa shape index (κ3) is 3.52. The molecule has 3 heterocycles. The molecular formula is C17H16N8. The second-order valence-corrected chi connectivity index (χ2v) is 5.46. The van der Waals surface area contributed by atoms with Gasteiger partial charge in [-0.25, -0.2) is 19.9 Å². The SMILES string of the molecule is c1ccc(C(Cn2cncn2)Nc2cc(-n3ccnc3)ncn2)cc1. The van der Waals surface area contributed by atoms with Crippen LogP contribution in [0, 0.1) is 0 Å². The summed E-state index contributed by atoms with van der Waals surface area (Å²) in [4.78, 5) is 16.7. The van der Waals surface area contributed by atoms with Gasteiger partial charge in [-0.05, 0) is 5.56 Å². The van der Waals surface area contributed by atoms with Crippen molar-refractivity contribution < 1.29 is 0 Å². The molecule has 4 aromatic rings. The second-order valence-electron chi connectivity index (χ2n) is 5.46. The average molecular weight is 332 g/mol. The summed E-state index contributed by atoms with van der Waals surface area (Å²) >= 11 is 0. The minimum Gasteiger partial charge on any atom is -0.361 e. The lowest BCUT2D eigenvalue weighted by molar-refractivity contribution is 0.548. The predicted molar refractivity (Wildman–Crippen MR) is 92.0 cm³/mol. The van der Waals surface area contributed by atoms with Crippen LogP contribution in [0.4, 0.5) is 5.82 Å². The molecule has 1 N–H and O–H groups in total. The normalized spacial score (nSPS) is 12.0. The molecule has 1 atom stereocenters. The van der Waals surface area contributed by atoms with E-state index in [4.69, 9.17) is 0 Å². The van der Waals surface area contributed by atoms with Gasteiger partial charge in [0.25, 0.3) is 0 Å². The van der Waals surface area contributed by atoms with Crippen molar-refractivity contribution in [3.8, 4) is 5.82 Å². The molecule has 0 saturated heterocycles. The van der Waals surface area contributed by atoms with Gasteiger partial charge in [0.1, 0.15) is 36.9 Å². The summed E-state index contributed by atoms with van der Waals surface area (Å²) in [6.07, 6.45) is 10.0. The molecule has 0 aliphatic carbocycles. The Balaban J connectivity index is 1.61. The monoisotopic (exact) mass is 332 g/mol. The number of hydrogen-bond donors (Lipinski definition) is 1. The number of rotatable bonds is 6. The molecule has 0 saturated carbocycles. The van der Waals surface area contributed by atoms with Gasteiger partial charge < -0.3 is 5.32 Å². The molecular weight excluding hydrogens is 316 g/mol. The molecule has 124 valence electrons. The predicted octanol–water partition coefficient (Wildman–Crippen LogP) is 2.11. The van der Waals surface area contributed by atoms with E-state index >= 15 is 0 Å². The van der Waals surface area contributed by atoms with E-state index in [0.29, 0.717) is 6.54 Å². The highest BCUT2D eigenvalue weighted by atomic mass is 15.3. The van der Waals surface area contributed by atoms with Crippen LogP contribution >= 0.6 is 0 Å². The number of aromatic nitrogens is 7. The summed E-state index contributed by atoms with van der Waals surface area (Å²) < 4.78 is 3.63. The lowest BCUT2D eigenvalue weighted by Gasteiger charge is -2.20. The lowest BCUT2D eigenvalue weighted by Crippen LogP contribution is -2.19.